The molecule has 0 unspecified atom stereocenters. The highest BCUT2D eigenvalue weighted by Crippen LogP contribution is 2.53. The minimum Gasteiger partial charge on any atom is -0.356 e. The van der Waals surface area contributed by atoms with Crippen molar-refractivity contribution in [2.45, 2.75) is 19.3 Å². The zero-order valence-electron chi connectivity index (χ0n) is 25.0. The number of benzene rings is 7. The molecule has 7 aromatic carbocycles. The van der Waals surface area contributed by atoms with Crippen LogP contribution in [0.1, 0.15) is 25.0 Å². The number of hydrogen-bond donors (Lipinski definition) is 1. The van der Waals surface area contributed by atoms with Crippen molar-refractivity contribution >= 4 is 22.1 Å². The summed E-state index contributed by atoms with van der Waals surface area (Å²) in [6.45, 7) is 4.72. The smallest absolute Gasteiger partial charge is 0.0390 e. The lowest BCUT2D eigenvalue weighted by Gasteiger charge is -2.22. The molecule has 0 bridgehead atoms. The summed E-state index contributed by atoms with van der Waals surface area (Å²) in [5.74, 6) is 0. The van der Waals surface area contributed by atoms with Crippen molar-refractivity contribution in [3.05, 3.63) is 169 Å². The van der Waals surface area contributed by atoms with Crippen LogP contribution >= 0.6 is 0 Å². The molecular formula is C43H33N. The zero-order chi connectivity index (χ0) is 29.7. The summed E-state index contributed by atoms with van der Waals surface area (Å²) in [6, 6.07) is 57.2. The Balaban J connectivity index is 1.19. The van der Waals surface area contributed by atoms with Crippen molar-refractivity contribution in [3.8, 4) is 44.5 Å². The Morgan fingerprint density at radius 3 is 1.86 bits per heavy atom. The monoisotopic (exact) mass is 563 g/mol. The van der Waals surface area contributed by atoms with Crippen LogP contribution < -0.4 is 5.32 Å². The standard InChI is InChI=1S/C43H33N/c1-43(2)40-26-22-33(29-11-4-3-5-12-29)28-39(40)42-38(17-10-18-41(42)43)37-16-9-8-15-36(37)31-20-23-34(24-21-31)44-35-25-19-30-13-6-7-14-32(30)27-35/h3-28,44H,1-2H3. The Morgan fingerprint density at radius 1 is 0.386 bits per heavy atom. The molecule has 0 atom stereocenters. The van der Waals surface area contributed by atoms with Gasteiger partial charge < -0.3 is 5.32 Å². The van der Waals surface area contributed by atoms with Crippen LogP contribution in [0, 0.1) is 0 Å². The van der Waals surface area contributed by atoms with Gasteiger partial charge >= 0.3 is 0 Å². The topological polar surface area (TPSA) is 12.0 Å². The molecule has 210 valence electrons. The van der Waals surface area contributed by atoms with Crippen molar-refractivity contribution in [1.82, 2.24) is 0 Å². The van der Waals surface area contributed by atoms with Gasteiger partial charge in [-0.05, 0) is 96.7 Å². The summed E-state index contributed by atoms with van der Waals surface area (Å²) >= 11 is 0. The van der Waals surface area contributed by atoms with Gasteiger partial charge in [0.1, 0.15) is 0 Å². The molecular weight excluding hydrogens is 530 g/mol. The summed E-state index contributed by atoms with van der Waals surface area (Å²) in [7, 11) is 0. The van der Waals surface area contributed by atoms with E-state index < -0.39 is 0 Å². The molecule has 0 fully saturated rings. The van der Waals surface area contributed by atoms with E-state index in [1.807, 2.05) is 0 Å². The number of hydrogen-bond acceptors (Lipinski definition) is 1. The van der Waals surface area contributed by atoms with Gasteiger partial charge in [0, 0.05) is 16.8 Å². The quantitative estimate of drug-likeness (QED) is 0.220. The van der Waals surface area contributed by atoms with Gasteiger partial charge in [0.05, 0.1) is 0 Å². The van der Waals surface area contributed by atoms with E-state index in [0.717, 1.165) is 11.4 Å². The minimum absolute atomic E-state index is 0.0685. The zero-order valence-corrected chi connectivity index (χ0v) is 25.0. The molecule has 8 rings (SSSR count). The van der Waals surface area contributed by atoms with E-state index in [2.05, 4.69) is 177 Å². The molecule has 7 aromatic rings. The van der Waals surface area contributed by atoms with Crippen LogP contribution in [-0.2, 0) is 5.41 Å². The molecule has 1 aliphatic rings. The third-order valence-corrected chi connectivity index (χ3v) is 9.26. The highest BCUT2D eigenvalue weighted by atomic mass is 14.9. The molecule has 44 heavy (non-hydrogen) atoms. The highest BCUT2D eigenvalue weighted by molar-refractivity contribution is 5.98. The molecule has 1 heteroatoms. The number of fused-ring (bicyclic) bond motifs is 4. The van der Waals surface area contributed by atoms with Crippen molar-refractivity contribution in [2.24, 2.45) is 0 Å². The molecule has 0 saturated heterocycles. The van der Waals surface area contributed by atoms with E-state index in [1.165, 1.54) is 66.4 Å². The molecule has 0 heterocycles. The first-order valence-electron chi connectivity index (χ1n) is 15.4. The van der Waals surface area contributed by atoms with Crippen LogP contribution in [0.3, 0.4) is 0 Å². The number of nitrogens with one attached hydrogen (secondary N) is 1. The van der Waals surface area contributed by atoms with E-state index >= 15 is 0 Å². The van der Waals surface area contributed by atoms with Crippen LogP contribution in [0.5, 0.6) is 0 Å². The normalized spacial score (nSPS) is 13.0. The molecule has 0 saturated carbocycles. The Bertz CT molecular complexity index is 2150. The predicted molar refractivity (Wildman–Crippen MR) is 188 cm³/mol. The molecule has 1 aliphatic carbocycles. The fourth-order valence-electron chi connectivity index (χ4n) is 6.98. The first-order valence-corrected chi connectivity index (χ1v) is 15.4. The summed E-state index contributed by atoms with van der Waals surface area (Å²) < 4.78 is 0. The van der Waals surface area contributed by atoms with Crippen molar-refractivity contribution < 1.29 is 0 Å². The minimum atomic E-state index is -0.0685. The maximum Gasteiger partial charge on any atom is 0.0390 e. The van der Waals surface area contributed by atoms with Gasteiger partial charge in [-0.3, -0.25) is 0 Å². The SMILES string of the molecule is CC1(C)c2ccc(-c3ccccc3)cc2-c2c(-c3ccccc3-c3ccc(Nc4ccc5ccccc5c4)cc3)cccc21. The van der Waals surface area contributed by atoms with Crippen molar-refractivity contribution in [3.63, 3.8) is 0 Å². The maximum atomic E-state index is 3.59. The Kier molecular flexibility index (Phi) is 6.20. The van der Waals surface area contributed by atoms with Crippen molar-refractivity contribution in [1.29, 1.82) is 0 Å². The van der Waals surface area contributed by atoms with Gasteiger partial charge in [-0.1, -0.05) is 141 Å². The second kappa shape index (κ2) is 10.4. The molecule has 0 amide bonds. The number of anilines is 2. The average Bonchev–Trinajstić information content (AvgIpc) is 3.31. The lowest BCUT2D eigenvalue weighted by molar-refractivity contribution is 0.660. The van der Waals surface area contributed by atoms with Crippen molar-refractivity contribution in [2.75, 3.05) is 5.32 Å². The first-order chi connectivity index (χ1) is 21.6. The van der Waals surface area contributed by atoms with Crippen LogP contribution in [-0.4, -0.2) is 0 Å². The van der Waals surface area contributed by atoms with Crippen LogP contribution in [0.25, 0.3) is 55.3 Å². The lowest BCUT2D eigenvalue weighted by Crippen LogP contribution is -2.14. The third-order valence-electron chi connectivity index (χ3n) is 9.26. The molecule has 0 radical (unpaired) electrons. The predicted octanol–water partition coefficient (Wildman–Crippen LogP) is 11.9. The van der Waals surface area contributed by atoms with E-state index in [9.17, 15) is 0 Å². The highest BCUT2D eigenvalue weighted by Gasteiger charge is 2.37. The summed E-state index contributed by atoms with van der Waals surface area (Å²) in [6.07, 6.45) is 0. The lowest BCUT2D eigenvalue weighted by atomic mass is 9.81. The van der Waals surface area contributed by atoms with Crippen LogP contribution in [0.15, 0.2) is 158 Å². The van der Waals surface area contributed by atoms with Gasteiger partial charge in [-0.2, -0.15) is 0 Å². The molecule has 1 N–H and O–H groups in total. The molecule has 0 aromatic heterocycles. The van der Waals surface area contributed by atoms with Gasteiger partial charge in [0.15, 0.2) is 0 Å². The molecule has 0 aliphatic heterocycles. The molecule has 0 spiro atoms. The van der Waals surface area contributed by atoms with Gasteiger partial charge in [-0.15, -0.1) is 0 Å². The largest absolute Gasteiger partial charge is 0.356 e. The van der Waals surface area contributed by atoms with Crippen LogP contribution in [0.2, 0.25) is 0 Å². The Hall–Kier alpha value is -5.40. The molecule has 1 nitrogen and oxygen atoms in total. The van der Waals surface area contributed by atoms with E-state index in [-0.39, 0.29) is 5.41 Å². The van der Waals surface area contributed by atoms with Gasteiger partial charge in [0.25, 0.3) is 0 Å². The fourth-order valence-corrected chi connectivity index (χ4v) is 6.98. The average molecular weight is 564 g/mol. The van der Waals surface area contributed by atoms with E-state index in [1.54, 1.807) is 0 Å². The van der Waals surface area contributed by atoms with E-state index in [0.29, 0.717) is 0 Å². The van der Waals surface area contributed by atoms with Crippen LogP contribution in [0.4, 0.5) is 11.4 Å². The Morgan fingerprint density at radius 2 is 1.05 bits per heavy atom. The second-order valence-corrected chi connectivity index (χ2v) is 12.3. The van der Waals surface area contributed by atoms with E-state index in [4.69, 9.17) is 0 Å². The van der Waals surface area contributed by atoms with Gasteiger partial charge in [0.2, 0.25) is 0 Å². The third kappa shape index (κ3) is 4.41. The second-order valence-electron chi connectivity index (χ2n) is 12.3. The maximum absolute atomic E-state index is 3.59. The number of rotatable bonds is 5. The fraction of sp³-hybridized carbons (Fsp3) is 0.0698. The summed E-state index contributed by atoms with van der Waals surface area (Å²) in [5, 5.41) is 6.08. The Labute approximate surface area is 259 Å². The summed E-state index contributed by atoms with van der Waals surface area (Å²) in [4.78, 5) is 0. The summed E-state index contributed by atoms with van der Waals surface area (Å²) in [5.41, 5.74) is 15.1. The van der Waals surface area contributed by atoms with Gasteiger partial charge in [-0.25, -0.2) is 0 Å². The first kappa shape index (κ1) is 26.2.